The number of hydrogen-bond acceptors (Lipinski definition) is 3. The van der Waals surface area contributed by atoms with Crippen LogP contribution in [-0.4, -0.2) is 26.5 Å². The van der Waals surface area contributed by atoms with E-state index >= 15 is 0 Å². The lowest BCUT2D eigenvalue weighted by Gasteiger charge is -2.19. The average Bonchev–Trinajstić information content (AvgIpc) is 2.74. The molecule has 0 unspecified atom stereocenters. The molecule has 0 saturated heterocycles. The van der Waals surface area contributed by atoms with Gasteiger partial charge in [-0.25, -0.2) is 9.78 Å². The van der Waals surface area contributed by atoms with Gasteiger partial charge in [0.05, 0.1) is 11.1 Å². The summed E-state index contributed by atoms with van der Waals surface area (Å²) in [6, 6.07) is 5.02. The molecule has 0 aliphatic rings. The number of carbonyl (C=O) groups excluding carboxylic acids is 1. The zero-order chi connectivity index (χ0) is 15.8. The summed E-state index contributed by atoms with van der Waals surface area (Å²) in [6.45, 7) is 6.38. The van der Waals surface area contributed by atoms with Crippen molar-refractivity contribution in [3.8, 4) is 0 Å². The fourth-order valence-corrected chi connectivity index (χ4v) is 2.34. The number of aromatic nitrogens is 2. The third-order valence-corrected chi connectivity index (χ3v) is 3.26. The van der Waals surface area contributed by atoms with Crippen molar-refractivity contribution in [2.75, 3.05) is 0 Å². The number of aromatic carboxylic acids is 1. The normalized spacial score (nSPS) is 11.8. The molecule has 1 heterocycles. The first-order chi connectivity index (χ1) is 9.71. The number of primary amides is 1. The Hall–Kier alpha value is -2.37. The maximum atomic E-state index is 11.3. The summed E-state index contributed by atoms with van der Waals surface area (Å²) in [4.78, 5) is 26.9. The Morgan fingerprint density at radius 1 is 1.33 bits per heavy atom. The number of para-hydroxylation sites is 1. The second-order valence-corrected chi connectivity index (χ2v) is 6.03. The molecule has 0 spiro atoms. The molecule has 6 heteroatoms. The Bertz CT molecular complexity index is 711. The van der Waals surface area contributed by atoms with E-state index in [4.69, 9.17) is 5.73 Å². The summed E-state index contributed by atoms with van der Waals surface area (Å²) in [5, 5.41) is 9.28. The summed E-state index contributed by atoms with van der Waals surface area (Å²) >= 11 is 0. The molecule has 0 saturated carbocycles. The van der Waals surface area contributed by atoms with E-state index in [9.17, 15) is 14.7 Å². The van der Waals surface area contributed by atoms with E-state index in [2.05, 4.69) is 4.98 Å². The number of hydrogen-bond donors (Lipinski definition) is 2. The van der Waals surface area contributed by atoms with Gasteiger partial charge < -0.3 is 15.4 Å². The van der Waals surface area contributed by atoms with Crippen molar-refractivity contribution in [3.05, 3.63) is 29.6 Å². The van der Waals surface area contributed by atoms with Gasteiger partial charge in [-0.1, -0.05) is 26.8 Å². The van der Waals surface area contributed by atoms with Gasteiger partial charge in [-0.05, 0) is 12.1 Å². The highest BCUT2D eigenvalue weighted by molar-refractivity contribution is 6.01. The molecule has 0 radical (unpaired) electrons. The Morgan fingerprint density at radius 3 is 2.52 bits per heavy atom. The number of nitrogens with two attached hydrogens (primary N) is 1. The van der Waals surface area contributed by atoms with Crippen LogP contribution in [0, 0.1) is 0 Å². The number of carbonyl (C=O) groups is 2. The molecule has 21 heavy (non-hydrogen) atoms. The van der Waals surface area contributed by atoms with Crippen LogP contribution >= 0.6 is 0 Å². The van der Waals surface area contributed by atoms with Gasteiger partial charge in [-0.2, -0.15) is 0 Å². The number of carboxylic acid groups (broad SMARTS) is 1. The molecule has 2 rings (SSSR count). The van der Waals surface area contributed by atoms with E-state index < -0.39 is 11.9 Å². The van der Waals surface area contributed by atoms with Crippen LogP contribution in [0.1, 0.15) is 43.4 Å². The van der Waals surface area contributed by atoms with E-state index in [0.717, 1.165) is 5.82 Å². The van der Waals surface area contributed by atoms with E-state index in [1.807, 2.05) is 31.4 Å². The maximum absolute atomic E-state index is 11.3. The zero-order valence-corrected chi connectivity index (χ0v) is 12.4. The molecule has 2 aromatic rings. The Morgan fingerprint density at radius 2 is 2.00 bits per heavy atom. The molecular formula is C15H19N3O3. The van der Waals surface area contributed by atoms with Crippen LogP contribution in [0.4, 0.5) is 0 Å². The van der Waals surface area contributed by atoms with Gasteiger partial charge in [0.15, 0.2) is 0 Å². The van der Waals surface area contributed by atoms with Crippen LogP contribution in [0.15, 0.2) is 18.2 Å². The molecule has 1 aromatic carbocycles. The first-order valence-corrected chi connectivity index (χ1v) is 6.73. The van der Waals surface area contributed by atoms with Crippen molar-refractivity contribution in [3.63, 3.8) is 0 Å². The average molecular weight is 289 g/mol. The van der Waals surface area contributed by atoms with E-state index in [1.165, 1.54) is 6.07 Å². The van der Waals surface area contributed by atoms with Crippen LogP contribution in [0.5, 0.6) is 0 Å². The molecule has 112 valence electrons. The molecule has 0 atom stereocenters. The minimum Gasteiger partial charge on any atom is -0.478 e. The van der Waals surface area contributed by atoms with Crippen molar-refractivity contribution in [1.29, 1.82) is 0 Å². The van der Waals surface area contributed by atoms with Crippen LogP contribution in [0.3, 0.4) is 0 Å². The predicted octanol–water partition coefficient (Wildman–Crippen LogP) is 1.91. The molecule has 3 N–H and O–H groups in total. The molecule has 1 aromatic heterocycles. The van der Waals surface area contributed by atoms with Crippen molar-refractivity contribution < 1.29 is 14.7 Å². The summed E-state index contributed by atoms with van der Waals surface area (Å²) in [6.07, 6.45) is 0.186. The van der Waals surface area contributed by atoms with Crippen molar-refractivity contribution in [2.45, 2.75) is 39.2 Å². The van der Waals surface area contributed by atoms with Crippen LogP contribution in [0.25, 0.3) is 11.0 Å². The Labute approximate surface area is 122 Å². The van der Waals surface area contributed by atoms with E-state index in [0.29, 0.717) is 17.6 Å². The number of rotatable bonds is 4. The molecular weight excluding hydrogens is 270 g/mol. The van der Waals surface area contributed by atoms with Gasteiger partial charge in [0, 0.05) is 18.4 Å². The van der Waals surface area contributed by atoms with E-state index in [1.54, 1.807) is 6.07 Å². The lowest BCUT2D eigenvalue weighted by atomic mass is 9.95. The third kappa shape index (κ3) is 2.89. The van der Waals surface area contributed by atoms with Gasteiger partial charge in [0.2, 0.25) is 5.91 Å². The number of benzene rings is 1. The maximum Gasteiger partial charge on any atom is 0.337 e. The summed E-state index contributed by atoms with van der Waals surface area (Å²) < 4.78 is 1.88. The quantitative estimate of drug-likeness (QED) is 0.898. The van der Waals surface area contributed by atoms with Gasteiger partial charge in [-0.3, -0.25) is 4.79 Å². The highest BCUT2D eigenvalue weighted by Crippen LogP contribution is 2.28. The van der Waals surface area contributed by atoms with Crippen LogP contribution in [0.2, 0.25) is 0 Å². The van der Waals surface area contributed by atoms with Crippen molar-refractivity contribution >= 4 is 22.9 Å². The Balaban J connectivity index is 2.70. The fourth-order valence-electron chi connectivity index (χ4n) is 2.34. The SMILES string of the molecule is CC(C)(C)c1nc2c(C(=O)O)cccc2n1CCC(N)=O. The standard InChI is InChI=1S/C15H19N3O3/c1-15(2,3)14-17-12-9(13(20)21)5-4-6-10(12)18(14)8-7-11(16)19/h4-6H,7-8H2,1-3H3,(H2,16,19)(H,20,21). The third-order valence-electron chi connectivity index (χ3n) is 3.26. The smallest absolute Gasteiger partial charge is 0.337 e. The van der Waals surface area contributed by atoms with Gasteiger partial charge in [0.1, 0.15) is 11.3 Å². The summed E-state index contributed by atoms with van der Waals surface area (Å²) in [7, 11) is 0. The number of aryl methyl sites for hydroxylation is 1. The largest absolute Gasteiger partial charge is 0.478 e. The lowest BCUT2D eigenvalue weighted by Crippen LogP contribution is -2.21. The van der Waals surface area contributed by atoms with Gasteiger partial charge >= 0.3 is 5.97 Å². The van der Waals surface area contributed by atoms with Gasteiger partial charge in [-0.15, -0.1) is 0 Å². The van der Waals surface area contributed by atoms with Crippen LogP contribution < -0.4 is 5.73 Å². The number of imidazole rings is 1. The second-order valence-electron chi connectivity index (χ2n) is 6.03. The number of nitrogens with zero attached hydrogens (tertiary/aromatic N) is 2. The first kappa shape index (κ1) is 15.0. The zero-order valence-electron chi connectivity index (χ0n) is 12.4. The monoisotopic (exact) mass is 289 g/mol. The lowest BCUT2D eigenvalue weighted by molar-refractivity contribution is -0.118. The highest BCUT2D eigenvalue weighted by Gasteiger charge is 2.25. The summed E-state index contributed by atoms with van der Waals surface area (Å²) in [5.41, 5.74) is 6.27. The first-order valence-electron chi connectivity index (χ1n) is 6.73. The topological polar surface area (TPSA) is 98.2 Å². The highest BCUT2D eigenvalue weighted by atomic mass is 16.4. The van der Waals surface area contributed by atoms with Crippen molar-refractivity contribution in [2.24, 2.45) is 5.73 Å². The van der Waals surface area contributed by atoms with Crippen molar-refractivity contribution in [1.82, 2.24) is 9.55 Å². The molecule has 0 aliphatic carbocycles. The van der Waals surface area contributed by atoms with Crippen LogP contribution in [-0.2, 0) is 16.8 Å². The number of fused-ring (bicyclic) bond motifs is 1. The fraction of sp³-hybridized carbons (Fsp3) is 0.400. The number of carboxylic acids is 1. The Kier molecular flexibility index (Phi) is 3.72. The number of amides is 1. The molecule has 0 fully saturated rings. The molecule has 6 nitrogen and oxygen atoms in total. The molecule has 0 aliphatic heterocycles. The van der Waals surface area contributed by atoms with E-state index in [-0.39, 0.29) is 17.4 Å². The second kappa shape index (κ2) is 5.20. The van der Waals surface area contributed by atoms with Gasteiger partial charge in [0.25, 0.3) is 0 Å². The minimum absolute atomic E-state index is 0.163. The molecule has 0 bridgehead atoms. The minimum atomic E-state index is -1.01. The predicted molar refractivity (Wildman–Crippen MR) is 79.2 cm³/mol. The molecule has 1 amide bonds. The summed E-state index contributed by atoms with van der Waals surface area (Å²) in [5.74, 6) is -0.667.